The van der Waals surface area contributed by atoms with E-state index < -0.39 is 10.0 Å². The first-order valence-corrected chi connectivity index (χ1v) is 10.1. The van der Waals surface area contributed by atoms with Crippen LogP contribution in [-0.2, 0) is 10.0 Å². The Kier molecular flexibility index (Phi) is 5.48. The van der Waals surface area contributed by atoms with Crippen molar-refractivity contribution in [3.8, 4) is 0 Å². The SMILES string of the molecule is Cc1ccc(NC(=O)c2ccccc2N(C)c2ccccc2)cc1S(N)(=O)=O. The number of carbonyl (C=O) groups is 1. The van der Waals surface area contributed by atoms with Crippen LogP contribution >= 0.6 is 0 Å². The summed E-state index contributed by atoms with van der Waals surface area (Å²) in [5.41, 5.74) is 3.01. The smallest absolute Gasteiger partial charge is 0.257 e. The number of benzene rings is 3. The van der Waals surface area contributed by atoms with Gasteiger partial charge in [-0.15, -0.1) is 0 Å². The van der Waals surface area contributed by atoms with E-state index in [9.17, 15) is 13.2 Å². The second-order valence-electron chi connectivity index (χ2n) is 6.39. The Morgan fingerprint density at radius 1 is 0.964 bits per heavy atom. The maximum absolute atomic E-state index is 12.9. The largest absolute Gasteiger partial charge is 0.344 e. The second kappa shape index (κ2) is 7.84. The predicted octanol–water partition coefficient (Wildman–Crippen LogP) is 3.66. The van der Waals surface area contributed by atoms with Gasteiger partial charge in [-0.2, -0.15) is 0 Å². The van der Waals surface area contributed by atoms with Gasteiger partial charge in [0.05, 0.1) is 16.1 Å². The molecule has 3 aromatic rings. The first-order chi connectivity index (χ1) is 13.3. The standard InChI is InChI=1S/C21H21N3O3S/c1-15-12-13-16(14-20(15)28(22,26)27)23-21(25)18-10-6-7-11-19(18)24(2)17-8-4-3-5-9-17/h3-14H,1-2H3,(H,23,25)(H2,22,26,27). The van der Waals surface area contributed by atoms with Gasteiger partial charge in [-0.25, -0.2) is 13.6 Å². The lowest BCUT2D eigenvalue weighted by molar-refractivity contribution is 0.102. The zero-order chi connectivity index (χ0) is 20.3. The fraction of sp³-hybridized carbons (Fsp3) is 0.0952. The number of nitrogens with two attached hydrogens (primary N) is 1. The van der Waals surface area contributed by atoms with Crippen LogP contribution in [0.5, 0.6) is 0 Å². The third-order valence-electron chi connectivity index (χ3n) is 4.41. The Hall–Kier alpha value is -3.16. The average molecular weight is 395 g/mol. The maximum atomic E-state index is 12.9. The van der Waals surface area contributed by atoms with Crippen LogP contribution in [0.4, 0.5) is 17.1 Å². The highest BCUT2D eigenvalue weighted by Gasteiger charge is 2.17. The number of amides is 1. The van der Waals surface area contributed by atoms with Gasteiger partial charge < -0.3 is 10.2 Å². The Morgan fingerprint density at radius 2 is 1.61 bits per heavy atom. The third kappa shape index (κ3) is 4.21. The van der Waals surface area contributed by atoms with Crippen molar-refractivity contribution in [2.75, 3.05) is 17.3 Å². The number of rotatable bonds is 5. The number of nitrogens with one attached hydrogen (secondary N) is 1. The molecule has 0 aliphatic heterocycles. The van der Waals surface area contributed by atoms with Crippen LogP contribution < -0.4 is 15.4 Å². The molecule has 0 bridgehead atoms. The van der Waals surface area contributed by atoms with Gasteiger partial charge in [0, 0.05) is 18.4 Å². The van der Waals surface area contributed by atoms with E-state index in [-0.39, 0.29) is 10.8 Å². The minimum absolute atomic E-state index is 0.0139. The molecule has 0 aliphatic carbocycles. The Bertz CT molecular complexity index is 1110. The van der Waals surface area contributed by atoms with E-state index in [0.717, 1.165) is 11.4 Å². The van der Waals surface area contributed by atoms with Crippen LogP contribution in [0.15, 0.2) is 77.7 Å². The first-order valence-electron chi connectivity index (χ1n) is 8.60. The van der Waals surface area contributed by atoms with Gasteiger partial charge in [0.1, 0.15) is 0 Å². The molecule has 1 amide bonds. The summed E-state index contributed by atoms with van der Waals surface area (Å²) in [6, 6.07) is 21.5. The molecule has 0 saturated heterocycles. The van der Waals surface area contributed by atoms with Crippen LogP contribution in [0.1, 0.15) is 15.9 Å². The number of carbonyl (C=O) groups excluding carboxylic acids is 1. The summed E-state index contributed by atoms with van der Waals surface area (Å²) in [6.45, 7) is 1.65. The zero-order valence-corrected chi connectivity index (χ0v) is 16.4. The normalized spacial score (nSPS) is 11.1. The molecular formula is C21H21N3O3S. The Morgan fingerprint density at radius 3 is 2.29 bits per heavy atom. The lowest BCUT2D eigenvalue weighted by atomic mass is 10.1. The number of hydrogen-bond acceptors (Lipinski definition) is 4. The first kappa shape index (κ1) is 19.6. The summed E-state index contributed by atoms with van der Waals surface area (Å²) in [6.07, 6.45) is 0. The average Bonchev–Trinajstić information content (AvgIpc) is 2.68. The molecule has 0 saturated carbocycles. The maximum Gasteiger partial charge on any atom is 0.257 e. The highest BCUT2D eigenvalue weighted by atomic mass is 32.2. The molecule has 3 rings (SSSR count). The number of para-hydroxylation sites is 2. The van der Waals surface area contributed by atoms with Crippen molar-refractivity contribution < 1.29 is 13.2 Å². The molecule has 0 unspecified atom stereocenters. The van der Waals surface area contributed by atoms with Gasteiger partial charge in [-0.1, -0.05) is 36.4 Å². The summed E-state index contributed by atoms with van der Waals surface area (Å²) < 4.78 is 23.4. The molecule has 0 fully saturated rings. The summed E-state index contributed by atoms with van der Waals surface area (Å²) in [7, 11) is -1.99. The summed E-state index contributed by atoms with van der Waals surface area (Å²) in [4.78, 5) is 14.8. The minimum atomic E-state index is -3.87. The van der Waals surface area contributed by atoms with Crippen molar-refractivity contribution in [1.82, 2.24) is 0 Å². The lowest BCUT2D eigenvalue weighted by Gasteiger charge is -2.22. The predicted molar refractivity (Wildman–Crippen MR) is 111 cm³/mol. The summed E-state index contributed by atoms with van der Waals surface area (Å²) in [5, 5.41) is 8.01. The quantitative estimate of drug-likeness (QED) is 0.689. The topological polar surface area (TPSA) is 92.5 Å². The van der Waals surface area contributed by atoms with Gasteiger partial charge in [-0.05, 0) is 48.9 Å². The third-order valence-corrected chi connectivity index (χ3v) is 5.46. The van der Waals surface area contributed by atoms with E-state index in [1.54, 1.807) is 31.2 Å². The highest BCUT2D eigenvalue weighted by Crippen LogP contribution is 2.28. The number of anilines is 3. The van der Waals surface area contributed by atoms with Crippen molar-refractivity contribution in [1.29, 1.82) is 0 Å². The van der Waals surface area contributed by atoms with Crippen LogP contribution in [-0.4, -0.2) is 21.4 Å². The molecule has 0 atom stereocenters. The number of primary sulfonamides is 1. The Labute approximate surface area is 164 Å². The number of nitrogens with zero attached hydrogens (tertiary/aromatic N) is 1. The molecule has 3 N–H and O–H groups in total. The van der Waals surface area contributed by atoms with Gasteiger partial charge in [-0.3, -0.25) is 4.79 Å². The fourth-order valence-electron chi connectivity index (χ4n) is 2.93. The molecule has 7 heteroatoms. The van der Waals surface area contributed by atoms with Gasteiger partial charge in [0.25, 0.3) is 5.91 Å². The number of aryl methyl sites for hydroxylation is 1. The van der Waals surface area contributed by atoms with E-state index in [4.69, 9.17) is 5.14 Å². The molecule has 0 radical (unpaired) electrons. The number of sulfonamides is 1. The van der Waals surface area contributed by atoms with Crippen molar-refractivity contribution in [3.63, 3.8) is 0 Å². The fourth-order valence-corrected chi connectivity index (χ4v) is 3.74. The molecule has 0 heterocycles. The van der Waals surface area contributed by atoms with E-state index >= 15 is 0 Å². The van der Waals surface area contributed by atoms with Gasteiger partial charge >= 0.3 is 0 Å². The monoisotopic (exact) mass is 395 g/mol. The number of hydrogen-bond donors (Lipinski definition) is 2. The summed E-state index contributed by atoms with van der Waals surface area (Å²) >= 11 is 0. The van der Waals surface area contributed by atoms with E-state index in [2.05, 4.69) is 5.32 Å². The van der Waals surface area contributed by atoms with Crippen LogP contribution in [0.25, 0.3) is 0 Å². The lowest BCUT2D eigenvalue weighted by Crippen LogP contribution is -2.19. The van der Waals surface area contributed by atoms with Gasteiger partial charge in [0.2, 0.25) is 10.0 Å². The molecule has 0 aromatic heterocycles. The van der Waals surface area contributed by atoms with Crippen LogP contribution in [0, 0.1) is 6.92 Å². The molecule has 144 valence electrons. The summed E-state index contributed by atoms with van der Waals surface area (Å²) in [5.74, 6) is -0.345. The molecule has 0 spiro atoms. The highest BCUT2D eigenvalue weighted by molar-refractivity contribution is 7.89. The molecule has 6 nitrogen and oxygen atoms in total. The molecule has 28 heavy (non-hydrogen) atoms. The van der Waals surface area contributed by atoms with Crippen molar-refractivity contribution in [2.24, 2.45) is 5.14 Å². The van der Waals surface area contributed by atoms with Crippen LogP contribution in [0.3, 0.4) is 0 Å². The molecule has 0 aliphatic rings. The zero-order valence-electron chi connectivity index (χ0n) is 15.6. The van der Waals surface area contributed by atoms with E-state index in [0.29, 0.717) is 16.8 Å². The van der Waals surface area contributed by atoms with Crippen LogP contribution in [0.2, 0.25) is 0 Å². The van der Waals surface area contributed by atoms with E-state index in [1.807, 2.05) is 54.4 Å². The Balaban J connectivity index is 1.93. The minimum Gasteiger partial charge on any atom is -0.344 e. The molecular weight excluding hydrogens is 374 g/mol. The van der Waals surface area contributed by atoms with Gasteiger partial charge in [0.15, 0.2) is 0 Å². The van der Waals surface area contributed by atoms with Crippen molar-refractivity contribution in [3.05, 3.63) is 83.9 Å². The van der Waals surface area contributed by atoms with Crippen molar-refractivity contribution in [2.45, 2.75) is 11.8 Å². The second-order valence-corrected chi connectivity index (χ2v) is 7.92. The van der Waals surface area contributed by atoms with E-state index in [1.165, 1.54) is 6.07 Å². The van der Waals surface area contributed by atoms with Crippen molar-refractivity contribution >= 4 is 33.0 Å². The molecule has 3 aromatic carbocycles.